The Bertz CT molecular complexity index is 663. The van der Waals surface area contributed by atoms with Gasteiger partial charge in [0.15, 0.2) is 18.3 Å². The molecule has 0 saturated carbocycles. The molecule has 0 aliphatic carbocycles. The molecule has 1 heterocycles. The molecular formula is C17H29N5O5. The van der Waals surface area contributed by atoms with Crippen molar-refractivity contribution in [3.8, 4) is 0 Å². The summed E-state index contributed by atoms with van der Waals surface area (Å²) in [5, 5.41) is 12.5. The number of nitrogens with one attached hydrogen (secondary N) is 2. The first kappa shape index (κ1) is 22.3. The van der Waals surface area contributed by atoms with E-state index in [1.54, 1.807) is 33.8 Å². The Morgan fingerprint density at radius 1 is 1.37 bits per heavy atom. The average molecular weight is 383 g/mol. The number of hydrogen-bond acceptors (Lipinski definition) is 7. The van der Waals surface area contributed by atoms with E-state index in [-0.39, 0.29) is 24.2 Å². The van der Waals surface area contributed by atoms with E-state index in [4.69, 9.17) is 19.8 Å². The number of anilines is 1. The summed E-state index contributed by atoms with van der Waals surface area (Å²) in [4.78, 5) is 28.7. The molecule has 0 bridgehead atoms. The van der Waals surface area contributed by atoms with Crippen LogP contribution in [0, 0.1) is 12.8 Å². The van der Waals surface area contributed by atoms with E-state index in [0.29, 0.717) is 12.2 Å². The Kier molecular flexibility index (Phi) is 8.07. The second-order valence-electron chi connectivity index (χ2n) is 7.49. The predicted octanol–water partition coefficient (Wildman–Crippen LogP) is 2.15. The topological polar surface area (TPSA) is 141 Å². The van der Waals surface area contributed by atoms with E-state index in [0.717, 1.165) is 0 Å². The summed E-state index contributed by atoms with van der Waals surface area (Å²) in [6.07, 6.45) is -0.0760. The van der Waals surface area contributed by atoms with Gasteiger partial charge in [-0.25, -0.2) is 4.79 Å². The number of carbonyl (C=O) groups is 2. The van der Waals surface area contributed by atoms with Gasteiger partial charge in [-0.2, -0.15) is 0 Å². The third-order valence-corrected chi connectivity index (χ3v) is 3.02. The predicted molar refractivity (Wildman–Crippen MR) is 100 cm³/mol. The maximum atomic E-state index is 12.0. The van der Waals surface area contributed by atoms with E-state index in [1.807, 2.05) is 13.8 Å². The molecule has 0 radical (unpaired) electrons. The number of oxime groups is 1. The second kappa shape index (κ2) is 9.79. The molecule has 0 aromatic carbocycles. The van der Waals surface area contributed by atoms with Gasteiger partial charge in [0.1, 0.15) is 11.4 Å². The molecule has 1 atom stereocenters. The fourth-order valence-electron chi connectivity index (χ4n) is 2.01. The lowest BCUT2D eigenvalue weighted by Gasteiger charge is -2.24. The van der Waals surface area contributed by atoms with Crippen molar-refractivity contribution >= 4 is 23.7 Å². The molecule has 1 unspecified atom stereocenters. The van der Waals surface area contributed by atoms with Crippen molar-refractivity contribution in [3.05, 3.63) is 11.8 Å². The molecular weight excluding hydrogens is 354 g/mol. The zero-order valence-corrected chi connectivity index (χ0v) is 16.7. The van der Waals surface area contributed by atoms with Crippen LogP contribution in [-0.2, 0) is 14.4 Å². The fraction of sp³-hybridized carbons (Fsp3) is 0.647. The number of hydrogen-bond donors (Lipinski definition) is 3. The zero-order chi connectivity index (χ0) is 20.6. The molecule has 0 fully saturated rings. The summed E-state index contributed by atoms with van der Waals surface area (Å²) in [5.41, 5.74) is 5.28. The summed E-state index contributed by atoms with van der Waals surface area (Å²) in [6.45, 7) is 10.6. The molecule has 0 aliphatic rings. The van der Waals surface area contributed by atoms with Crippen LogP contribution in [0.3, 0.4) is 0 Å². The van der Waals surface area contributed by atoms with Crippen molar-refractivity contribution in [2.24, 2.45) is 16.8 Å². The minimum absolute atomic E-state index is 0.0413. The van der Waals surface area contributed by atoms with E-state index in [2.05, 4.69) is 20.9 Å². The lowest BCUT2D eigenvalue weighted by atomic mass is 10.0. The van der Waals surface area contributed by atoms with Crippen LogP contribution in [0.2, 0.25) is 0 Å². The first-order chi connectivity index (χ1) is 12.5. The molecule has 1 aromatic rings. The molecule has 0 aliphatic heterocycles. The van der Waals surface area contributed by atoms with Gasteiger partial charge in [-0.15, -0.1) is 0 Å². The van der Waals surface area contributed by atoms with Crippen LogP contribution >= 0.6 is 0 Å². The lowest BCUT2D eigenvalue weighted by Crippen LogP contribution is -2.47. The largest absolute Gasteiger partial charge is 0.444 e. The van der Waals surface area contributed by atoms with Crippen molar-refractivity contribution in [2.45, 2.75) is 59.6 Å². The monoisotopic (exact) mass is 383 g/mol. The van der Waals surface area contributed by atoms with Gasteiger partial charge in [0.25, 0.3) is 5.91 Å². The van der Waals surface area contributed by atoms with Crippen LogP contribution < -0.4 is 16.4 Å². The number of aryl methyl sites for hydroxylation is 1. The highest BCUT2D eigenvalue weighted by Gasteiger charge is 2.23. The van der Waals surface area contributed by atoms with E-state index in [9.17, 15) is 9.59 Å². The molecule has 152 valence electrons. The van der Waals surface area contributed by atoms with Gasteiger partial charge in [0, 0.05) is 6.07 Å². The summed E-state index contributed by atoms with van der Waals surface area (Å²) in [5.74, 6) is 0.651. The van der Waals surface area contributed by atoms with E-state index >= 15 is 0 Å². The Morgan fingerprint density at radius 2 is 2.04 bits per heavy atom. The van der Waals surface area contributed by atoms with Gasteiger partial charge in [-0.1, -0.05) is 24.2 Å². The van der Waals surface area contributed by atoms with E-state index in [1.165, 1.54) is 0 Å². The van der Waals surface area contributed by atoms with Crippen LogP contribution in [0.4, 0.5) is 10.6 Å². The maximum Gasteiger partial charge on any atom is 0.408 e. The highest BCUT2D eigenvalue weighted by molar-refractivity contribution is 5.91. The fourth-order valence-corrected chi connectivity index (χ4v) is 2.01. The number of carbonyl (C=O) groups excluding carboxylic acids is 2. The maximum absolute atomic E-state index is 12.0. The van der Waals surface area contributed by atoms with Crippen molar-refractivity contribution in [2.75, 3.05) is 11.9 Å². The van der Waals surface area contributed by atoms with Crippen molar-refractivity contribution < 1.29 is 23.7 Å². The van der Waals surface area contributed by atoms with Crippen LogP contribution in [0.15, 0.2) is 15.7 Å². The van der Waals surface area contributed by atoms with E-state index < -0.39 is 23.6 Å². The normalized spacial score (nSPS) is 13.2. The highest BCUT2D eigenvalue weighted by atomic mass is 16.6. The van der Waals surface area contributed by atoms with Crippen molar-refractivity contribution in [1.82, 2.24) is 10.5 Å². The Morgan fingerprint density at radius 3 is 2.56 bits per heavy atom. The first-order valence-corrected chi connectivity index (χ1v) is 8.64. The van der Waals surface area contributed by atoms with Crippen molar-refractivity contribution in [3.63, 3.8) is 0 Å². The quantitative estimate of drug-likeness (QED) is 0.355. The molecule has 1 aromatic heterocycles. The number of aromatic nitrogens is 1. The van der Waals surface area contributed by atoms with Gasteiger partial charge in [-0.3, -0.25) is 4.79 Å². The van der Waals surface area contributed by atoms with Gasteiger partial charge in [0.05, 0.1) is 6.04 Å². The van der Waals surface area contributed by atoms with Crippen LogP contribution in [0.25, 0.3) is 0 Å². The summed E-state index contributed by atoms with van der Waals surface area (Å²) >= 11 is 0. The minimum atomic E-state index is -0.633. The summed E-state index contributed by atoms with van der Waals surface area (Å²) in [7, 11) is 0. The third kappa shape index (κ3) is 9.47. The zero-order valence-electron chi connectivity index (χ0n) is 16.7. The number of amidine groups is 1. The third-order valence-electron chi connectivity index (χ3n) is 3.02. The smallest absolute Gasteiger partial charge is 0.408 e. The molecule has 10 heteroatoms. The first-order valence-electron chi connectivity index (χ1n) is 8.64. The molecule has 27 heavy (non-hydrogen) atoms. The molecule has 1 rings (SSSR count). The van der Waals surface area contributed by atoms with Crippen molar-refractivity contribution in [1.29, 1.82) is 0 Å². The molecule has 10 nitrogen and oxygen atoms in total. The Hall–Kier alpha value is -2.78. The summed E-state index contributed by atoms with van der Waals surface area (Å²) < 4.78 is 10.1. The number of nitrogens with two attached hydrogens (primary N) is 1. The number of ether oxygens (including phenoxy) is 1. The number of amides is 2. The van der Waals surface area contributed by atoms with Crippen LogP contribution in [0.5, 0.6) is 0 Å². The van der Waals surface area contributed by atoms with Gasteiger partial charge in [-0.05, 0) is 40.0 Å². The number of rotatable bonds is 8. The average Bonchev–Trinajstić information content (AvgIpc) is 2.89. The Balaban J connectivity index is 2.58. The minimum Gasteiger partial charge on any atom is -0.444 e. The summed E-state index contributed by atoms with van der Waals surface area (Å²) in [6, 6.07) is 0.986. The molecule has 4 N–H and O–H groups in total. The number of alkyl carbamates (subject to hydrolysis) is 1. The standard InChI is InChI=1S/C17H29N5O5/c1-10(2)7-12(19-16(24)26-17(4,5)6)15(18)22-25-9-14(23)20-13-8-11(3)27-21-13/h8,10,12H,7,9H2,1-6H3,(H2,18,22)(H,19,24)(H,20,21,23). The molecule has 2 amide bonds. The Labute approximate surface area is 158 Å². The molecule has 0 spiro atoms. The number of nitrogens with zero attached hydrogens (tertiary/aromatic N) is 2. The SMILES string of the molecule is Cc1cc(NC(=O)CO/N=C(\N)C(CC(C)C)NC(=O)OC(C)(C)C)no1. The van der Waals surface area contributed by atoms with Crippen LogP contribution in [0.1, 0.15) is 46.8 Å². The highest BCUT2D eigenvalue weighted by Crippen LogP contribution is 2.10. The van der Waals surface area contributed by atoms with Gasteiger partial charge < -0.3 is 30.5 Å². The second-order valence-corrected chi connectivity index (χ2v) is 7.49. The van der Waals surface area contributed by atoms with Crippen LogP contribution in [-0.4, -0.2) is 41.2 Å². The van der Waals surface area contributed by atoms with Gasteiger partial charge in [0.2, 0.25) is 0 Å². The lowest BCUT2D eigenvalue weighted by molar-refractivity contribution is -0.120. The molecule has 0 saturated heterocycles. The van der Waals surface area contributed by atoms with Gasteiger partial charge >= 0.3 is 6.09 Å².